The largest absolute Gasteiger partial charge is 0.418 e. The van der Waals surface area contributed by atoms with Crippen LogP contribution in [0.25, 0.3) is 0 Å². The third kappa shape index (κ3) is 4.84. The molecule has 0 radical (unpaired) electrons. The van der Waals surface area contributed by atoms with E-state index in [4.69, 9.17) is 0 Å². The molecule has 0 fully saturated rings. The highest BCUT2D eigenvalue weighted by Gasteiger charge is 2.34. The van der Waals surface area contributed by atoms with Crippen LogP contribution in [0.3, 0.4) is 0 Å². The van der Waals surface area contributed by atoms with E-state index in [0.717, 1.165) is 12.1 Å². The lowest BCUT2D eigenvalue weighted by Gasteiger charge is -2.15. The number of carbonyl (C=O) groups excluding carboxylic acids is 2. The van der Waals surface area contributed by atoms with Crippen molar-refractivity contribution in [1.82, 2.24) is 0 Å². The topological polar surface area (TPSA) is 58.2 Å². The fraction of sp³-hybridized carbons (Fsp3) is 0.333. The first-order chi connectivity index (χ1) is 9.24. The Bertz CT molecular complexity index is 518. The second-order valence-corrected chi connectivity index (χ2v) is 4.72. The van der Waals surface area contributed by atoms with E-state index in [1.807, 2.05) is 0 Å². The van der Waals surface area contributed by atoms with Crippen LogP contribution in [0.15, 0.2) is 18.2 Å². The number of hydrogen-bond acceptors (Lipinski definition) is 2. The van der Waals surface area contributed by atoms with Gasteiger partial charge in [0.15, 0.2) is 0 Å². The van der Waals surface area contributed by atoms with Gasteiger partial charge in [0.25, 0.3) is 0 Å². The molecule has 0 saturated heterocycles. The lowest BCUT2D eigenvalue weighted by molar-refractivity contribution is -0.137. The highest BCUT2D eigenvalue weighted by molar-refractivity contribution is 9.09. The first-order valence-electron chi connectivity index (χ1n) is 5.58. The highest BCUT2D eigenvalue weighted by atomic mass is 79.9. The van der Waals surface area contributed by atoms with Gasteiger partial charge in [-0.2, -0.15) is 13.2 Å². The maximum Gasteiger partial charge on any atom is 0.418 e. The normalized spacial score (nSPS) is 11.1. The molecule has 110 valence electrons. The molecule has 0 aliphatic rings. The highest BCUT2D eigenvalue weighted by Crippen LogP contribution is 2.36. The van der Waals surface area contributed by atoms with Crippen molar-refractivity contribution in [3.8, 4) is 0 Å². The number of carbonyl (C=O) groups is 2. The molecular formula is C12H12BrF3N2O2. The van der Waals surface area contributed by atoms with Crippen LogP contribution in [-0.4, -0.2) is 17.1 Å². The Hall–Kier alpha value is -1.57. The van der Waals surface area contributed by atoms with Gasteiger partial charge in [-0.05, 0) is 18.2 Å². The van der Waals surface area contributed by atoms with Gasteiger partial charge in [0.2, 0.25) is 11.8 Å². The van der Waals surface area contributed by atoms with Gasteiger partial charge in [-0.3, -0.25) is 9.59 Å². The summed E-state index contributed by atoms with van der Waals surface area (Å²) in [7, 11) is 0. The molecule has 0 aromatic heterocycles. The Morgan fingerprint density at radius 2 is 1.90 bits per heavy atom. The van der Waals surface area contributed by atoms with Crippen molar-refractivity contribution in [2.24, 2.45) is 0 Å². The maximum absolute atomic E-state index is 12.9. The molecule has 1 aromatic carbocycles. The van der Waals surface area contributed by atoms with Gasteiger partial charge < -0.3 is 10.6 Å². The Labute approximate surface area is 121 Å². The van der Waals surface area contributed by atoms with E-state index < -0.39 is 23.6 Å². The molecule has 0 aliphatic carbocycles. The summed E-state index contributed by atoms with van der Waals surface area (Å²) in [5, 5.41) is 4.81. The molecule has 0 bridgehead atoms. The number of alkyl halides is 4. The molecule has 0 atom stereocenters. The molecule has 2 N–H and O–H groups in total. The van der Waals surface area contributed by atoms with Crippen molar-refractivity contribution in [2.45, 2.75) is 19.5 Å². The van der Waals surface area contributed by atoms with Gasteiger partial charge in [-0.1, -0.05) is 15.9 Å². The Morgan fingerprint density at radius 3 is 2.40 bits per heavy atom. The number of hydrogen-bond donors (Lipinski definition) is 2. The summed E-state index contributed by atoms with van der Waals surface area (Å²) < 4.78 is 38.8. The summed E-state index contributed by atoms with van der Waals surface area (Å²) >= 11 is 3.03. The number of halogens is 4. The van der Waals surface area contributed by atoms with Gasteiger partial charge in [0.1, 0.15) is 0 Å². The fourth-order valence-electron chi connectivity index (χ4n) is 1.47. The summed E-state index contributed by atoms with van der Waals surface area (Å²) in [6.45, 7) is 1.19. The predicted molar refractivity (Wildman–Crippen MR) is 72.8 cm³/mol. The molecule has 0 saturated carbocycles. The van der Waals surface area contributed by atoms with Gasteiger partial charge >= 0.3 is 6.18 Å². The summed E-state index contributed by atoms with van der Waals surface area (Å²) in [5.74, 6) is -1.01. The summed E-state index contributed by atoms with van der Waals surface area (Å²) in [4.78, 5) is 22.2. The van der Waals surface area contributed by atoms with Crippen molar-refractivity contribution in [1.29, 1.82) is 0 Å². The van der Waals surface area contributed by atoms with Crippen molar-refractivity contribution in [3.05, 3.63) is 23.8 Å². The van der Waals surface area contributed by atoms with E-state index in [-0.39, 0.29) is 17.8 Å². The maximum atomic E-state index is 12.9. The number of rotatable bonds is 4. The van der Waals surface area contributed by atoms with Gasteiger partial charge in [0.05, 0.1) is 11.3 Å². The van der Waals surface area contributed by atoms with Crippen molar-refractivity contribution in [2.75, 3.05) is 16.0 Å². The van der Waals surface area contributed by atoms with E-state index in [9.17, 15) is 22.8 Å². The van der Waals surface area contributed by atoms with Crippen LogP contribution < -0.4 is 10.6 Å². The summed E-state index contributed by atoms with van der Waals surface area (Å²) in [5.41, 5.74) is -1.33. The number of amides is 2. The second-order valence-electron chi connectivity index (χ2n) is 3.93. The zero-order valence-corrected chi connectivity index (χ0v) is 12.1. The van der Waals surface area contributed by atoms with E-state index in [0.29, 0.717) is 5.33 Å². The minimum atomic E-state index is -4.63. The molecule has 0 spiro atoms. The van der Waals surface area contributed by atoms with E-state index >= 15 is 0 Å². The molecule has 8 heteroatoms. The summed E-state index contributed by atoms with van der Waals surface area (Å²) in [6.07, 6.45) is -4.57. The zero-order chi connectivity index (χ0) is 15.3. The Balaban J connectivity index is 3.10. The standard InChI is InChI=1S/C12H12BrF3N2O2/c1-7(19)17-8-2-3-10(18-11(20)4-5-13)9(6-8)12(14,15)16/h2-3,6H,4-5H2,1H3,(H,17,19)(H,18,20). The number of nitrogens with one attached hydrogen (secondary N) is 2. The molecule has 0 heterocycles. The Morgan fingerprint density at radius 1 is 1.25 bits per heavy atom. The number of anilines is 2. The molecule has 0 aliphatic heterocycles. The zero-order valence-electron chi connectivity index (χ0n) is 10.5. The first-order valence-corrected chi connectivity index (χ1v) is 6.71. The number of benzene rings is 1. The quantitative estimate of drug-likeness (QED) is 0.816. The lowest BCUT2D eigenvalue weighted by Crippen LogP contribution is -2.17. The molecular weight excluding hydrogens is 341 g/mol. The lowest BCUT2D eigenvalue weighted by atomic mass is 10.1. The molecule has 4 nitrogen and oxygen atoms in total. The molecule has 1 rings (SSSR count). The van der Waals surface area contributed by atoms with E-state index in [2.05, 4.69) is 26.6 Å². The van der Waals surface area contributed by atoms with E-state index in [1.165, 1.54) is 13.0 Å². The van der Waals surface area contributed by atoms with Crippen LogP contribution in [0.5, 0.6) is 0 Å². The summed E-state index contributed by atoms with van der Waals surface area (Å²) in [6, 6.07) is 3.19. The van der Waals surface area contributed by atoms with Crippen LogP contribution in [0.4, 0.5) is 24.5 Å². The minimum absolute atomic E-state index is 0.0170. The van der Waals surface area contributed by atoms with Crippen molar-refractivity contribution >= 4 is 39.1 Å². The van der Waals surface area contributed by atoms with Crippen LogP contribution in [0.2, 0.25) is 0 Å². The first kappa shape index (κ1) is 16.5. The molecule has 1 aromatic rings. The van der Waals surface area contributed by atoms with E-state index in [1.54, 1.807) is 0 Å². The minimum Gasteiger partial charge on any atom is -0.326 e. The van der Waals surface area contributed by atoms with Crippen LogP contribution in [0, 0.1) is 0 Å². The molecule has 20 heavy (non-hydrogen) atoms. The van der Waals surface area contributed by atoms with Crippen LogP contribution >= 0.6 is 15.9 Å². The van der Waals surface area contributed by atoms with Crippen LogP contribution in [-0.2, 0) is 15.8 Å². The fourth-order valence-corrected chi connectivity index (χ4v) is 1.83. The monoisotopic (exact) mass is 352 g/mol. The predicted octanol–water partition coefficient (Wildman–Crippen LogP) is 3.39. The molecule has 0 unspecified atom stereocenters. The van der Waals surface area contributed by atoms with Gasteiger partial charge in [-0.25, -0.2) is 0 Å². The average molecular weight is 353 g/mol. The smallest absolute Gasteiger partial charge is 0.326 e. The van der Waals surface area contributed by atoms with Crippen LogP contribution in [0.1, 0.15) is 18.9 Å². The SMILES string of the molecule is CC(=O)Nc1ccc(NC(=O)CCBr)c(C(F)(F)F)c1. The Kier molecular flexibility index (Phi) is 5.55. The second kappa shape index (κ2) is 6.74. The average Bonchev–Trinajstić information content (AvgIpc) is 2.29. The van der Waals surface area contributed by atoms with Gasteiger partial charge in [0, 0.05) is 24.4 Å². The van der Waals surface area contributed by atoms with Crippen molar-refractivity contribution < 1.29 is 22.8 Å². The molecule has 2 amide bonds. The third-order valence-corrected chi connectivity index (χ3v) is 2.64. The van der Waals surface area contributed by atoms with Crippen molar-refractivity contribution in [3.63, 3.8) is 0 Å². The third-order valence-electron chi connectivity index (χ3n) is 2.24. The van der Waals surface area contributed by atoms with Gasteiger partial charge in [-0.15, -0.1) is 0 Å².